The minimum atomic E-state index is -0.272. The van der Waals surface area contributed by atoms with Crippen LogP contribution in [0.1, 0.15) is 38.3 Å². The maximum atomic E-state index is 12.1. The van der Waals surface area contributed by atoms with Gasteiger partial charge in [-0.3, -0.25) is 15.6 Å². The van der Waals surface area contributed by atoms with Gasteiger partial charge in [0.05, 0.1) is 5.69 Å². The van der Waals surface area contributed by atoms with E-state index in [1.165, 1.54) is 5.56 Å². The number of hydrazine groups is 1. The fourth-order valence-electron chi connectivity index (χ4n) is 3.12. The van der Waals surface area contributed by atoms with Crippen LogP contribution < -0.4 is 26.2 Å². The van der Waals surface area contributed by atoms with Crippen molar-refractivity contribution in [3.8, 4) is 5.75 Å². The van der Waals surface area contributed by atoms with Crippen molar-refractivity contribution in [2.24, 2.45) is 0 Å². The predicted molar refractivity (Wildman–Crippen MR) is 143 cm³/mol. The van der Waals surface area contributed by atoms with Crippen LogP contribution in [0.4, 0.5) is 11.4 Å². The van der Waals surface area contributed by atoms with Crippen molar-refractivity contribution >= 4 is 34.6 Å². The van der Waals surface area contributed by atoms with E-state index in [0.717, 1.165) is 23.4 Å². The highest BCUT2D eigenvalue weighted by atomic mass is 32.1. The standard InChI is InChI=1S/C27H32N4O2S/c1-4-27(2,3)21-10-16-24(17-11-21)33-19-25(32)31-30-23-14-12-22(13-15-23)29-26(34)28-18-20-8-6-5-7-9-20/h5-17,30H,4,18-19H2,1-3H3,(H,31,32)(H2,28,29,34). The van der Waals surface area contributed by atoms with E-state index in [2.05, 4.69) is 42.3 Å². The first-order valence-corrected chi connectivity index (χ1v) is 11.7. The molecule has 3 aromatic carbocycles. The first-order valence-electron chi connectivity index (χ1n) is 11.3. The third-order valence-electron chi connectivity index (χ3n) is 5.67. The molecule has 0 heterocycles. The summed E-state index contributed by atoms with van der Waals surface area (Å²) in [4.78, 5) is 12.1. The molecule has 178 valence electrons. The number of rotatable bonds is 10. The van der Waals surface area contributed by atoms with E-state index < -0.39 is 0 Å². The van der Waals surface area contributed by atoms with E-state index in [4.69, 9.17) is 17.0 Å². The Labute approximate surface area is 207 Å². The van der Waals surface area contributed by atoms with Crippen molar-refractivity contribution in [3.63, 3.8) is 0 Å². The summed E-state index contributed by atoms with van der Waals surface area (Å²) in [5, 5.41) is 6.86. The number of benzene rings is 3. The molecule has 4 N–H and O–H groups in total. The molecule has 1 amide bonds. The zero-order valence-electron chi connectivity index (χ0n) is 19.9. The number of nitrogens with one attached hydrogen (secondary N) is 4. The molecule has 0 aliphatic carbocycles. The maximum absolute atomic E-state index is 12.1. The molecule has 0 saturated heterocycles. The summed E-state index contributed by atoms with van der Waals surface area (Å²) in [5.74, 6) is 0.393. The normalized spacial score (nSPS) is 10.8. The van der Waals surface area contributed by atoms with Gasteiger partial charge in [-0.2, -0.15) is 0 Å². The van der Waals surface area contributed by atoms with Crippen LogP contribution in [0.25, 0.3) is 0 Å². The molecule has 0 bridgehead atoms. The van der Waals surface area contributed by atoms with Crippen LogP contribution in [0.15, 0.2) is 78.9 Å². The number of hydrogen-bond donors (Lipinski definition) is 4. The summed E-state index contributed by atoms with van der Waals surface area (Å²) in [6.07, 6.45) is 1.05. The molecular weight excluding hydrogens is 444 g/mol. The molecule has 0 saturated carbocycles. The molecule has 0 fully saturated rings. The minimum Gasteiger partial charge on any atom is -0.484 e. The highest BCUT2D eigenvalue weighted by molar-refractivity contribution is 7.80. The number of carbonyl (C=O) groups is 1. The van der Waals surface area contributed by atoms with E-state index in [1.54, 1.807) is 0 Å². The molecular formula is C27H32N4O2S. The van der Waals surface area contributed by atoms with Gasteiger partial charge in [-0.05, 0) is 71.6 Å². The third-order valence-corrected chi connectivity index (χ3v) is 5.92. The van der Waals surface area contributed by atoms with Crippen molar-refractivity contribution in [1.29, 1.82) is 0 Å². The van der Waals surface area contributed by atoms with E-state index >= 15 is 0 Å². The Morgan fingerprint density at radius 1 is 0.912 bits per heavy atom. The number of amides is 1. The summed E-state index contributed by atoms with van der Waals surface area (Å²) < 4.78 is 5.59. The average Bonchev–Trinajstić information content (AvgIpc) is 2.86. The lowest BCUT2D eigenvalue weighted by molar-refractivity contribution is -0.122. The van der Waals surface area contributed by atoms with Crippen LogP contribution in [0, 0.1) is 0 Å². The molecule has 34 heavy (non-hydrogen) atoms. The fraction of sp³-hybridized carbons (Fsp3) is 0.259. The van der Waals surface area contributed by atoms with Crippen molar-refractivity contribution < 1.29 is 9.53 Å². The van der Waals surface area contributed by atoms with E-state index in [-0.39, 0.29) is 17.9 Å². The van der Waals surface area contributed by atoms with Crippen molar-refractivity contribution in [3.05, 3.63) is 90.0 Å². The van der Waals surface area contributed by atoms with Crippen molar-refractivity contribution in [1.82, 2.24) is 10.7 Å². The molecule has 0 aromatic heterocycles. The fourth-order valence-corrected chi connectivity index (χ4v) is 3.31. The summed E-state index contributed by atoms with van der Waals surface area (Å²) in [6.45, 7) is 7.17. The van der Waals surface area contributed by atoms with Crippen LogP contribution in [0.3, 0.4) is 0 Å². The second kappa shape index (κ2) is 12.0. The Hall–Kier alpha value is -3.58. The van der Waals surface area contributed by atoms with Gasteiger partial charge in [0.2, 0.25) is 0 Å². The van der Waals surface area contributed by atoms with Gasteiger partial charge in [-0.15, -0.1) is 0 Å². The van der Waals surface area contributed by atoms with Gasteiger partial charge < -0.3 is 15.4 Å². The number of carbonyl (C=O) groups excluding carboxylic acids is 1. The Balaban J connectivity index is 1.38. The Kier molecular flexibility index (Phi) is 8.87. The van der Waals surface area contributed by atoms with Gasteiger partial charge >= 0.3 is 0 Å². The minimum absolute atomic E-state index is 0.0789. The lowest BCUT2D eigenvalue weighted by atomic mass is 9.82. The molecule has 0 spiro atoms. The van der Waals surface area contributed by atoms with E-state index in [9.17, 15) is 4.79 Å². The zero-order valence-corrected chi connectivity index (χ0v) is 20.7. The second-order valence-corrected chi connectivity index (χ2v) is 9.00. The SMILES string of the molecule is CCC(C)(C)c1ccc(OCC(=O)NNc2ccc(NC(=S)NCc3ccccc3)cc2)cc1. The maximum Gasteiger partial charge on any atom is 0.276 e. The predicted octanol–water partition coefficient (Wildman–Crippen LogP) is 5.38. The van der Waals surface area contributed by atoms with Gasteiger partial charge in [0.15, 0.2) is 11.7 Å². The van der Waals surface area contributed by atoms with Crippen molar-refractivity contribution in [2.75, 3.05) is 17.3 Å². The summed E-state index contributed by atoms with van der Waals surface area (Å²) in [5.41, 5.74) is 9.64. The van der Waals surface area contributed by atoms with Crippen molar-refractivity contribution in [2.45, 2.75) is 39.2 Å². The van der Waals surface area contributed by atoms with Gasteiger partial charge in [0, 0.05) is 12.2 Å². The second-order valence-electron chi connectivity index (χ2n) is 8.59. The first kappa shape index (κ1) is 25.1. The van der Waals surface area contributed by atoms with Gasteiger partial charge in [-0.25, -0.2) is 0 Å². The largest absolute Gasteiger partial charge is 0.484 e. The Morgan fingerprint density at radius 3 is 2.21 bits per heavy atom. The van der Waals surface area contributed by atoms with Crippen LogP contribution >= 0.6 is 12.2 Å². The van der Waals surface area contributed by atoms with Gasteiger partial charge in [0.25, 0.3) is 5.91 Å². The highest BCUT2D eigenvalue weighted by Crippen LogP contribution is 2.28. The van der Waals surface area contributed by atoms with Crippen LogP contribution in [-0.2, 0) is 16.8 Å². The third kappa shape index (κ3) is 7.78. The zero-order chi connectivity index (χ0) is 24.4. The lowest BCUT2D eigenvalue weighted by Crippen LogP contribution is -2.33. The molecule has 0 radical (unpaired) electrons. The van der Waals surface area contributed by atoms with E-state index in [0.29, 0.717) is 17.4 Å². The molecule has 0 aliphatic heterocycles. The summed E-state index contributed by atoms with van der Waals surface area (Å²) >= 11 is 5.35. The summed E-state index contributed by atoms with van der Waals surface area (Å²) in [6, 6.07) is 25.4. The van der Waals surface area contributed by atoms with Gasteiger partial charge in [0.1, 0.15) is 5.75 Å². The smallest absolute Gasteiger partial charge is 0.276 e. The van der Waals surface area contributed by atoms with E-state index in [1.807, 2.05) is 78.9 Å². The molecule has 0 aliphatic rings. The number of thiocarbonyl (C=S) groups is 1. The summed E-state index contributed by atoms with van der Waals surface area (Å²) in [7, 11) is 0. The van der Waals surface area contributed by atoms with Crippen LogP contribution in [0.5, 0.6) is 5.75 Å². The Bertz CT molecular complexity index is 1070. The quantitative estimate of drug-likeness (QED) is 0.232. The number of ether oxygens (including phenoxy) is 1. The highest BCUT2D eigenvalue weighted by Gasteiger charge is 2.17. The Morgan fingerprint density at radius 2 is 1.56 bits per heavy atom. The molecule has 0 unspecified atom stereocenters. The molecule has 7 heteroatoms. The molecule has 3 aromatic rings. The monoisotopic (exact) mass is 476 g/mol. The number of hydrogen-bond acceptors (Lipinski definition) is 4. The first-order chi connectivity index (χ1) is 16.4. The number of anilines is 2. The van der Waals surface area contributed by atoms with Crippen LogP contribution in [0.2, 0.25) is 0 Å². The lowest BCUT2D eigenvalue weighted by Gasteiger charge is -2.23. The molecule has 3 rings (SSSR count). The molecule has 6 nitrogen and oxygen atoms in total. The van der Waals surface area contributed by atoms with Crippen LogP contribution in [-0.4, -0.2) is 17.6 Å². The molecule has 0 atom stereocenters. The topological polar surface area (TPSA) is 74.4 Å². The average molecular weight is 477 g/mol. The van der Waals surface area contributed by atoms with Gasteiger partial charge in [-0.1, -0.05) is 63.2 Å².